The van der Waals surface area contributed by atoms with E-state index in [1.165, 1.54) is 38.0 Å². The van der Waals surface area contributed by atoms with Crippen LogP contribution in [0.25, 0.3) is 0 Å². The number of hydrogen-bond donors (Lipinski definition) is 0. The molecule has 0 aliphatic heterocycles. The summed E-state index contributed by atoms with van der Waals surface area (Å²) >= 11 is 0. The van der Waals surface area contributed by atoms with Crippen LogP contribution in [-0.4, -0.2) is 44.7 Å². The lowest BCUT2D eigenvalue weighted by Crippen LogP contribution is -2.63. The smallest absolute Gasteiger partial charge is 0.206 e. The van der Waals surface area contributed by atoms with Crippen LogP contribution in [0.5, 0.6) is 0 Å². The highest BCUT2D eigenvalue weighted by molar-refractivity contribution is 6.74. The fourth-order valence-corrected chi connectivity index (χ4v) is 7.91. The maximum absolute atomic E-state index is 2.75. The van der Waals surface area contributed by atoms with Crippen LogP contribution in [0, 0.1) is 0 Å². The van der Waals surface area contributed by atoms with E-state index < -0.39 is 8.40 Å². The van der Waals surface area contributed by atoms with Crippen molar-refractivity contribution in [2.24, 2.45) is 0 Å². The molecule has 0 amide bonds. The molecule has 0 aromatic heterocycles. The summed E-state index contributed by atoms with van der Waals surface area (Å²) in [5, 5.41) is 0. The maximum atomic E-state index is 2.75. The van der Waals surface area contributed by atoms with Gasteiger partial charge in [0.1, 0.15) is 0 Å². The van der Waals surface area contributed by atoms with E-state index in [-0.39, 0.29) is 0 Å². The van der Waals surface area contributed by atoms with E-state index in [1.54, 1.807) is 0 Å². The van der Waals surface area contributed by atoms with Crippen molar-refractivity contribution in [3.8, 4) is 0 Å². The Morgan fingerprint density at radius 1 is 0.800 bits per heavy atom. The van der Waals surface area contributed by atoms with E-state index in [9.17, 15) is 0 Å². The van der Waals surface area contributed by atoms with Crippen molar-refractivity contribution < 1.29 is 0 Å². The van der Waals surface area contributed by atoms with Crippen LogP contribution in [0.1, 0.15) is 40.5 Å². The van der Waals surface area contributed by atoms with Crippen LogP contribution in [0.15, 0.2) is 0 Å². The van der Waals surface area contributed by atoms with Gasteiger partial charge in [-0.2, -0.15) is 0 Å². The highest BCUT2D eigenvalue weighted by atomic mass is 28.3. The van der Waals surface area contributed by atoms with E-state index in [2.05, 4.69) is 50.9 Å². The summed E-state index contributed by atoms with van der Waals surface area (Å²) in [6, 6.07) is 2.82. The third-order valence-corrected chi connectivity index (χ3v) is 9.56. The van der Waals surface area contributed by atoms with Gasteiger partial charge in [0.15, 0.2) is 0 Å². The Bertz CT molecular complexity index is 150. The molecule has 0 atom stereocenters. The fraction of sp³-hybridized carbons (Fsp3) is 1.00. The van der Waals surface area contributed by atoms with Crippen molar-refractivity contribution in [2.45, 2.75) is 52.6 Å². The standard InChI is InChI=1S/C12H30N2Si/c1-7-11-15(12-8-2,13(5)6)14(9-3)10-4/h7-12H2,1-6H3. The third-order valence-electron chi connectivity index (χ3n) is 3.49. The van der Waals surface area contributed by atoms with Gasteiger partial charge in [-0.25, -0.2) is 0 Å². The van der Waals surface area contributed by atoms with Crippen molar-refractivity contribution in [3.63, 3.8) is 0 Å². The Morgan fingerprint density at radius 3 is 1.40 bits per heavy atom. The minimum Gasteiger partial charge on any atom is -0.317 e. The molecule has 0 spiro atoms. The van der Waals surface area contributed by atoms with E-state index in [0.29, 0.717) is 0 Å². The lowest BCUT2D eigenvalue weighted by Gasteiger charge is -2.45. The first-order valence-electron chi connectivity index (χ1n) is 6.51. The van der Waals surface area contributed by atoms with Crippen molar-refractivity contribution in [1.29, 1.82) is 0 Å². The van der Waals surface area contributed by atoms with Gasteiger partial charge < -0.3 is 9.13 Å². The van der Waals surface area contributed by atoms with Crippen LogP contribution in [0.2, 0.25) is 12.1 Å². The summed E-state index contributed by atoms with van der Waals surface area (Å²) in [6.07, 6.45) is 2.64. The Hall–Kier alpha value is 0.137. The summed E-state index contributed by atoms with van der Waals surface area (Å²) in [7, 11) is 3.24. The molecule has 0 aliphatic carbocycles. The minimum atomic E-state index is -1.34. The lowest BCUT2D eigenvalue weighted by atomic mass is 10.6. The van der Waals surface area contributed by atoms with E-state index in [4.69, 9.17) is 0 Å². The molecular weight excluding hydrogens is 200 g/mol. The molecular formula is C12H30N2Si. The van der Waals surface area contributed by atoms with Gasteiger partial charge in [0.2, 0.25) is 8.40 Å². The van der Waals surface area contributed by atoms with Gasteiger partial charge in [-0.3, -0.25) is 0 Å². The predicted molar refractivity (Wildman–Crippen MR) is 72.6 cm³/mol. The molecule has 15 heavy (non-hydrogen) atoms. The predicted octanol–water partition coefficient (Wildman–Crippen LogP) is 3.15. The second kappa shape index (κ2) is 7.42. The monoisotopic (exact) mass is 230 g/mol. The molecule has 0 unspecified atom stereocenters. The first-order valence-corrected chi connectivity index (χ1v) is 8.82. The highest BCUT2D eigenvalue weighted by Gasteiger charge is 2.39. The lowest BCUT2D eigenvalue weighted by molar-refractivity contribution is 0.389. The van der Waals surface area contributed by atoms with Crippen molar-refractivity contribution in [2.75, 3.05) is 27.2 Å². The van der Waals surface area contributed by atoms with Crippen LogP contribution in [-0.2, 0) is 0 Å². The molecule has 0 heterocycles. The van der Waals surface area contributed by atoms with Crippen LogP contribution < -0.4 is 0 Å². The molecule has 0 bridgehead atoms. The summed E-state index contributed by atoms with van der Waals surface area (Å²) in [6.45, 7) is 11.7. The summed E-state index contributed by atoms with van der Waals surface area (Å²) < 4.78 is 5.31. The first kappa shape index (κ1) is 15.1. The van der Waals surface area contributed by atoms with Gasteiger partial charge in [0.05, 0.1) is 0 Å². The Morgan fingerprint density at radius 2 is 1.20 bits per heavy atom. The molecule has 0 N–H and O–H groups in total. The molecule has 0 aromatic rings. The van der Waals surface area contributed by atoms with Crippen molar-refractivity contribution in [1.82, 2.24) is 9.13 Å². The summed E-state index contributed by atoms with van der Waals surface area (Å²) in [5.41, 5.74) is 0. The molecule has 0 aromatic carbocycles. The van der Waals surface area contributed by atoms with Gasteiger partial charge in [-0.05, 0) is 39.3 Å². The van der Waals surface area contributed by atoms with Gasteiger partial charge in [-0.15, -0.1) is 0 Å². The number of rotatable bonds is 8. The molecule has 0 saturated heterocycles. The molecule has 3 heteroatoms. The normalized spacial score (nSPS) is 12.8. The average Bonchev–Trinajstić information content (AvgIpc) is 2.19. The van der Waals surface area contributed by atoms with Gasteiger partial charge in [0, 0.05) is 0 Å². The molecule has 0 rings (SSSR count). The second-order valence-corrected chi connectivity index (χ2v) is 9.04. The first-order chi connectivity index (χ1) is 7.08. The number of nitrogens with zero attached hydrogens (tertiary/aromatic N) is 2. The van der Waals surface area contributed by atoms with Gasteiger partial charge in [-0.1, -0.05) is 40.5 Å². The van der Waals surface area contributed by atoms with E-state index in [1.807, 2.05) is 0 Å². The average molecular weight is 230 g/mol. The Balaban J connectivity index is 4.89. The molecule has 0 saturated carbocycles. The summed E-state index contributed by atoms with van der Waals surface area (Å²) in [4.78, 5) is 0. The van der Waals surface area contributed by atoms with Crippen molar-refractivity contribution >= 4 is 8.40 Å². The molecule has 0 aliphatic rings. The third kappa shape index (κ3) is 3.57. The molecule has 0 radical (unpaired) electrons. The van der Waals surface area contributed by atoms with Crippen LogP contribution in [0.4, 0.5) is 0 Å². The maximum Gasteiger partial charge on any atom is 0.206 e. The van der Waals surface area contributed by atoms with E-state index in [0.717, 1.165) is 0 Å². The van der Waals surface area contributed by atoms with Gasteiger partial charge >= 0.3 is 0 Å². The Kier molecular flexibility index (Phi) is 7.48. The zero-order valence-corrected chi connectivity index (χ0v) is 12.6. The topological polar surface area (TPSA) is 6.48 Å². The van der Waals surface area contributed by atoms with Crippen molar-refractivity contribution in [3.05, 3.63) is 0 Å². The quantitative estimate of drug-likeness (QED) is 0.591. The largest absolute Gasteiger partial charge is 0.317 e. The molecule has 92 valence electrons. The molecule has 0 fully saturated rings. The summed E-state index contributed by atoms with van der Waals surface area (Å²) in [5.74, 6) is 0. The SMILES string of the molecule is CCC[Si](CCC)(N(C)C)N(CC)CC. The Labute approximate surface area is 97.8 Å². The van der Waals surface area contributed by atoms with Gasteiger partial charge in [0.25, 0.3) is 0 Å². The van der Waals surface area contributed by atoms with Crippen LogP contribution in [0.3, 0.4) is 0 Å². The number of hydrogen-bond acceptors (Lipinski definition) is 2. The van der Waals surface area contributed by atoms with E-state index >= 15 is 0 Å². The minimum absolute atomic E-state index is 1.21. The zero-order chi connectivity index (χ0) is 11.9. The zero-order valence-electron chi connectivity index (χ0n) is 11.6. The second-order valence-electron chi connectivity index (χ2n) is 4.55. The molecule has 2 nitrogen and oxygen atoms in total. The highest BCUT2D eigenvalue weighted by Crippen LogP contribution is 2.25. The fourth-order valence-electron chi connectivity index (χ4n) is 2.78. The van der Waals surface area contributed by atoms with Crippen LogP contribution >= 0.6 is 0 Å².